The molecule has 0 spiro atoms. The molecule has 4 nitrogen and oxygen atoms in total. The third-order valence-electron chi connectivity index (χ3n) is 2.65. The molecule has 1 aromatic carbocycles. The van der Waals surface area contributed by atoms with Gasteiger partial charge in [-0.3, -0.25) is 0 Å². The van der Waals surface area contributed by atoms with E-state index in [1.54, 1.807) is 14.2 Å². The lowest BCUT2D eigenvalue weighted by molar-refractivity contribution is -0.141. The van der Waals surface area contributed by atoms with Crippen molar-refractivity contribution in [2.75, 3.05) is 27.4 Å². The van der Waals surface area contributed by atoms with Crippen LogP contribution < -0.4 is 9.47 Å². The summed E-state index contributed by atoms with van der Waals surface area (Å²) in [5.74, 6) is 1.48. The van der Waals surface area contributed by atoms with Crippen molar-refractivity contribution in [1.82, 2.24) is 0 Å². The molecule has 1 aromatic rings. The van der Waals surface area contributed by atoms with Crippen molar-refractivity contribution in [1.29, 1.82) is 0 Å². The zero-order chi connectivity index (χ0) is 13.5. The molecule has 0 saturated carbocycles. The molecule has 102 valence electrons. The maximum atomic E-state index is 5.62. The van der Waals surface area contributed by atoms with E-state index in [9.17, 15) is 0 Å². The van der Waals surface area contributed by atoms with Crippen LogP contribution in [0.15, 0.2) is 12.1 Å². The number of hydrogen-bond donors (Lipinski definition) is 0. The van der Waals surface area contributed by atoms with Crippen LogP contribution in [0.2, 0.25) is 0 Å². The fraction of sp³-hybridized carbons (Fsp3) is 0.571. The molecular weight excluding hydrogens is 232 g/mol. The molecular formula is C14H22O4. The van der Waals surface area contributed by atoms with Crippen molar-refractivity contribution >= 4 is 0 Å². The number of rotatable bonds is 7. The van der Waals surface area contributed by atoms with E-state index in [1.165, 1.54) is 0 Å². The molecule has 0 heterocycles. The van der Waals surface area contributed by atoms with E-state index in [0.29, 0.717) is 13.2 Å². The summed E-state index contributed by atoms with van der Waals surface area (Å²) in [4.78, 5) is 0. The monoisotopic (exact) mass is 254 g/mol. The Morgan fingerprint density at radius 1 is 1.00 bits per heavy atom. The van der Waals surface area contributed by atoms with Crippen LogP contribution in [-0.4, -0.2) is 27.4 Å². The largest absolute Gasteiger partial charge is 0.497 e. The van der Waals surface area contributed by atoms with Gasteiger partial charge in [0.25, 0.3) is 0 Å². The van der Waals surface area contributed by atoms with Crippen molar-refractivity contribution in [2.45, 2.75) is 27.1 Å². The number of ether oxygens (including phenoxy) is 4. The second kappa shape index (κ2) is 7.24. The summed E-state index contributed by atoms with van der Waals surface area (Å²) < 4.78 is 21.9. The summed E-state index contributed by atoms with van der Waals surface area (Å²) in [5, 5.41) is 0. The van der Waals surface area contributed by atoms with Crippen LogP contribution in [0.25, 0.3) is 0 Å². The highest BCUT2D eigenvalue weighted by atomic mass is 16.7. The molecule has 0 unspecified atom stereocenters. The summed E-state index contributed by atoms with van der Waals surface area (Å²) in [6, 6.07) is 3.79. The number of benzene rings is 1. The first-order valence-electron chi connectivity index (χ1n) is 6.13. The van der Waals surface area contributed by atoms with Crippen LogP contribution in [0.3, 0.4) is 0 Å². The van der Waals surface area contributed by atoms with Crippen LogP contribution in [0.4, 0.5) is 0 Å². The van der Waals surface area contributed by atoms with E-state index < -0.39 is 6.29 Å². The van der Waals surface area contributed by atoms with Crippen molar-refractivity contribution < 1.29 is 18.9 Å². The van der Waals surface area contributed by atoms with Crippen molar-refractivity contribution in [3.05, 3.63) is 23.3 Å². The molecule has 0 aromatic heterocycles. The zero-order valence-corrected chi connectivity index (χ0v) is 11.8. The van der Waals surface area contributed by atoms with Gasteiger partial charge in [0.1, 0.15) is 11.5 Å². The van der Waals surface area contributed by atoms with Crippen molar-refractivity contribution in [3.63, 3.8) is 0 Å². The molecule has 0 bridgehead atoms. The third-order valence-corrected chi connectivity index (χ3v) is 2.65. The summed E-state index contributed by atoms with van der Waals surface area (Å²) >= 11 is 0. The van der Waals surface area contributed by atoms with Gasteiger partial charge >= 0.3 is 0 Å². The second-order valence-corrected chi connectivity index (χ2v) is 3.80. The van der Waals surface area contributed by atoms with E-state index >= 15 is 0 Å². The fourth-order valence-corrected chi connectivity index (χ4v) is 1.84. The summed E-state index contributed by atoms with van der Waals surface area (Å²) in [5.41, 5.74) is 1.94. The quantitative estimate of drug-likeness (QED) is 0.701. The van der Waals surface area contributed by atoms with Gasteiger partial charge in [-0.2, -0.15) is 0 Å². The molecule has 0 saturated heterocycles. The van der Waals surface area contributed by atoms with Gasteiger partial charge in [0, 0.05) is 19.3 Å². The normalized spacial score (nSPS) is 10.8. The van der Waals surface area contributed by atoms with Gasteiger partial charge in [0.05, 0.1) is 19.8 Å². The van der Waals surface area contributed by atoms with E-state index in [0.717, 1.165) is 22.6 Å². The van der Waals surface area contributed by atoms with Gasteiger partial charge < -0.3 is 18.9 Å². The summed E-state index contributed by atoms with van der Waals surface area (Å²) in [6.45, 7) is 7.04. The van der Waals surface area contributed by atoms with Crippen LogP contribution >= 0.6 is 0 Å². The van der Waals surface area contributed by atoms with Crippen LogP contribution in [0.1, 0.15) is 31.3 Å². The summed E-state index contributed by atoms with van der Waals surface area (Å²) in [7, 11) is 3.27. The third kappa shape index (κ3) is 3.37. The van der Waals surface area contributed by atoms with Gasteiger partial charge in [0.15, 0.2) is 6.29 Å². The first-order valence-corrected chi connectivity index (χ1v) is 6.13. The molecule has 0 aliphatic rings. The van der Waals surface area contributed by atoms with Gasteiger partial charge in [0.2, 0.25) is 0 Å². The average Bonchev–Trinajstić information content (AvgIpc) is 2.37. The Morgan fingerprint density at radius 3 is 2.06 bits per heavy atom. The molecule has 0 aliphatic heterocycles. The Balaban J connectivity index is 3.18. The summed E-state index contributed by atoms with van der Waals surface area (Å²) in [6.07, 6.45) is -0.402. The SMILES string of the molecule is CCOC(OCC)c1c(C)cc(OC)cc1OC. The highest BCUT2D eigenvalue weighted by molar-refractivity contribution is 5.46. The molecule has 0 atom stereocenters. The van der Waals surface area contributed by atoms with Crippen LogP contribution in [-0.2, 0) is 9.47 Å². The average molecular weight is 254 g/mol. The minimum absolute atomic E-state index is 0.402. The Kier molecular flexibility index (Phi) is 5.95. The molecule has 0 aliphatic carbocycles. The van der Waals surface area contributed by atoms with E-state index in [1.807, 2.05) is 32.9 Å². The highest BCUT2D eigenvalue weighted by Crippen LogP contribution is 2.35. The minimum atomic E-state index is -0.402. The molecule has 4 heteroatoms. The number of hydrogen-bond acceptors (Lipinski definition) is 4. The van der Waals surface area contributed by atoms with Gasteiger partial charge in [-0.15, -0.1) is 0 Å². The van der Waals surface area contributed by atoms with Gasteiger partial charge in [-0.25, -0.2) is 0 Å². The minimum Gasteiger partial charge on any atom is -0.497 e. The molecule has 1 rings (SSSR count). The number of methoxy groups -OCH3 is 2. The Labute approximate surface area is 109 Å². The lowest BCUT2D eigenvalue weighted by atomic mass is 10.1. The molecule has 0 fully saturated rings. The Hall–Kier alpha value is -1.26. The predicted octanol–water partition coefficient (Wildman–Crippen LogP) is 3.08. The Bertz CT molecular complexity index is 370. The van der Waals surface area contributed by atoms with Crippen molar-refractivity contribution in [2.24, 2.45) is 0 Å². The van der Waals surface area contributed by atoms with Gasteiger partial charge in [-0.1, -0.05) is 0 Å². The topological polar surface area (TPSA) is 36.9 Å². The van der Waals surface area contributed by atoms with Crippen LogP contribution in [0, 0.1) is 6.92 Å². The molecule has 0 N–H and O–H groups in total. The molecule has 0 amide bonds. The van der Waals surface area contributed by atoms with Crippen molar-refractivity contribution in [3.8, 4) is 11.5 Å². The fourth-order valence-electron chi connectivity index (χ4n) is 1.84. The lowest BCUT2D eigenvalue weighted by Crippen LogP contribution is -2.12. The first-order chi connectivity index (χ1) is 8.67. The predicted molar refractivity (Wildman–Crippen MR) is 70.3 cm³/mol. The molecule has 0 radical (unpaired) electrons. The maximum Gasteiger partial charge on any atom is 0.187 e. The smallest absolute Gasteiger partial charge is 0.187 e. The standard InChI is InChI=1S/C14H22O4/c1-6-17-14(18-7-2)13-10(3)8-11(15-4)9-12(13)16-5/h8-9,14H,6-7H2,1-5H3. The zero-order valence-electron chi connectivity index (χ0n) is 11.8. The second-order valence-electron chi connectivity index (χ2n) is 3.80. The highest BCUT2D eigenvalue weighted by Gasteiger charge is 2.20. The molecule has 18 heavy (non-hydrogen) atoms. The van der Waals surface area contributed by atoms with Gasteiger partial charge in [-0.05, 0) is 32.4 Å². The Morgan fingerprint density at radius 2 is 1.61 bits per heavy atom. The van der Waals surface area contributed by atoms with E-state index in [2.05, 4.69) is 0 Å². The maximum absolute atomic E-state index is 5.62. The van der Waals surface area contributed by atoms with E-state index in [4.69, 9.17) is 18.9 Å². The lowest BCUT2D eigenvalue weighted by Gasteiger charge is -2.22. The van der Waals surface area contributed by atoms with E-state index in [-0.39, 0.29) is 0 Å². The first kappa shape index (κ1) is 14.8. The number of aryl methyl sites for hydroxylation is 1. The van der Waals surface area contributed by atoms with Crippen LogP contribution in [0.5, 0.6) is 11.5 Å².